The molecule has 2 aliphatic carbocycles. The fourth-order valence-corrected chi connectivity index (χ4v) is 3.74. The van der Waals surface area contributed by atoms with Gasteiger partial charge in [-0.15, -0.1) is 0 Å². The van der Waals surface area contributed by atoms with Crippen LogP contribution in [0.5, 0.6) is 0 Å². The van der Waals surface area contributed by atoms with E-state index in [2.05, 4.69) is 26.9 Å². The quantitative estimate of drug-likeness (QED) is 0.688. The summed E-state index contributed by atoms with van der Waals surface area (Å²) in [5, 5.41) is 0.785. The van der Waals surface area contributed by atoms with Crippen molar-refractivity contribution in [1.29, 1.82) is 0 Å². The van der Waals surface area contributed by atoms with Crippen LogP contribution < -0.4 is 10.6 Å². The molecular weight excluding hydrogens is 296 g/mol. The average molecular weight is 319 g/mol. The SMILES string of the molecule is NC(=NCC1CC12CC2)N1CCN(c2ccc(Cl)cc2)CC1. The van der Waals surface area contributed by atoms with E-state index < -0.39 is 0 Å². The number of nitrogens with zero attached hydrogens (tertiary/aromatic N) is 3. The molecule has 3 aliphatic rings. The smallest absolute Gasteiger partial charge is 0.191 e. The number of hydrogen-bond donors (Lipinski definition) is 1. The first-order chi connectivity index (χ1) is 10.7. The molecule has 2 saturated carbocycles. The van der Waals surface area contributed by atoms with Crippen molar-refractivity contribution < 1.29 is 0 Å². The van der Waals surface area contributed by atoms with Crippen molar-refractivity contribution in [3.05, 3.63) is 29.3 Å². The highest BCUT2D eigenvalue weighted by molar-refractivity contribution is 6.30. The maximum atomic E-state index is 6.18. The van der Waals surface area contributed by atoms with Crippen LogP contribution in [0.25, 0.3) is 0 Å². The average Bonchev–Trinajstić information content (AvgIpc) is 3.46. The molecule has 1 saturated heterocycles. The van der Waals surface area contributed by atoms with Gasteiger partial charge in [0.15, 0.2) is 5.96 Å². The second-order valence-corrected chi connectivity index (χ2v) is 7.35. The Kier molecular flexibility index (Phi) is 3.44. The van der Waals surface area contributed by atoms with Crippen molar-refractivity contribution in [1.82, 2.24) is 4.90 Å². The number of anilines is 1. The monoisotopic (exact) mass is 318 g/mol. The van der Waals surface area contributed by atoms with E-state index in [1.807, 2.05) is 12.1 Å². The van der Waals surface area contributed by atoms with E-state index in [4.69, 9.17) is 17.3 Å². The zero-order valence-electron chi connectivity index (χ0n) is 12.8. The first kappa shape index (κ1) is 14.2. The van der Waals surface area contributed by atoms with Crippen LogP contribution in [0.3, 0.4) is 0 Å². The van der Waals surface area contributed by atoms with Crippen LogP contribution in [-0.2, 0) is 0 Å². The Morgan fingerprint density at radius 2 is 1.86 bits per heavy atom. The molecule has 0 bridgehead atoms. The molecule has 1 spiro atoms. The fourth-order valence-electron chi connectivity index (χ4n) is 3.61. The predicted molar refractivity (Wildman–Crippen MR) is 91.5 cm³/mol. The van der Waals surface area contributed by atoms with Crippen LogP contribution in [0.4, 0.5) is 5.69 Å². The highest BCUT2D eigenvalue weighted by atomic mass is 35.5. The Bertz CT molecular complexity index is 571. The van der Waals surface area contributed by atoms with Crippen molar-refractivity contribution in [2.24, 2.45) is 22.1 Å². The van der Waals surface area contributed by atoms with Crippen LogP contribution in [0.2, 0.25) is 5.02 Å². The fraction of sp³-hybridized carbons (Fsp3) is 0.588. The molecule has 1 heterocycles. The summed E-state index contributed by atoms with van der Waals surface area (Å²) >= 11 is 5.95. The molecule has 1 aliphatic heterocycles. The molecule has 0 amide bonds. The molecule has 1 unspecified atom stereocenters. The molecule has 118 valence electrons. The van der Waals surface area contributed by atoms with Gasteiger partial charge in [-0.05, 0) is 54.9 Å². The van der Waals surface area contributed by atoms with Crippen LogP contribution in [-0.4, -0.2) is 43.6 Å². The third kappa shape index (κ3) is 2.76. The lowest BCUT2D eigenvalue weighted by molar-refractivity contribution is 0.380. The Morgan fingerprint density at radius 3 is 2.45 bits per heavy atom. The summed E-state index contributed by atoms with van der Waals surface area (Å²) in [6.07, 6.45) is 4.23. The van der Waals surface area contributed by atoms with E-state index in [9.17, 15) is 0 Å². The standard InChI is InChI=1S/C17H23ClN4/c18-14-1-3-15(4-2-14)21-7-9-22(10-8-21)16(19)20-12-13-11-17(13)5-6-17/h1-4,13H,5-12H2,(H2,19,20). The number of guanidine groups is 1. The van der Waals surface area contributed by atoms with Crippen molar-refractivity contribution in [2.75, 3.05) is 37.6 Å². The molecule has 0 aromatic heterocycles. The topological polar surface area (TPSA) is 44.9 Å². The molecule has 1 aromatic carbocycles. The van der Waals surface area contributed by atoms with Gasteiger partial charge >= 0.3 is 0 Å². The van der Waals surface area contributed by atoms with Gasteiger partial charge in [-0.25, -0.2) is 0 Å². The normalized spacial score (nSPS) is 26.4. The second kappa shape index (κ2) is 5.34. The molecular formula is C17H23ClN4. The van der Waals surface area contributed by atoms with Gasteiger partial charge in [-0.2, -0.15) is 0 Å². The van der Waals surface area contributed by atoms with Gasteiger partial charge in [-0.1, -0.05) is 11.6 Å². The zero-order valence-corrected chi connectivity index (χ0v) is 13.6. The Morgan fingerprint density at radius 1 is 1.18 bits per heavy atom. The van der Waals surface area contributed by atoms with Gasteiger partial charge in [0.1, 0.15) is 0 Å². The molecule has 2 N–H and O–H groups in total. The number of aliphatic imine (C=N–C) groups is 1. The molecule has 1 aromatic rings. The van der Waals surface area contributed by atoms with Crippen LogP contribution in [0, 0.1) is 11.3 Å². The van der Waals surface area contributed by atoms with Gasteiger partial charge in [0.25, 0.3) is 0 Å². The van der Waals surface area contributed by atoms with Crippen LogP contribution in [0.1, 0.15) is 19.3 Å². The van der Waals surface area contributed by atoms with Crippen molar-refractivity contribution >= 4 is 23.2 Å². The first-order valence-electron chi connectivity index (χ1n) is 8.22. The van der Waals surface area contributed by atoms with Gasteiger partial charge in [-0.3, -0.25) is 4.99 Å². The lowest BCUT2D eigenvalue weighted by Crippen LogP contribution is -2.51. The lowest BCUT2D eigenvalue weighted by atomic mass is 10.2. The maximum Gasteiger partial charge on any atom is 0.191 e. The van der Waals surface area contributed by atoms with Crippen molar-refractivity contribution in [2.45, 2.75) is 19.3 Å². The molecule has 5 heteroatoms. The van der Waals surface area contributed by atoms with E-state index in [0.29, 0.717) is 0 Å². The number of rotatable bonds is 3. The summed E-state index contributed by atoms with van der Waals surface area (Å²) in [5.41, 5.74) is 8.13. The van der Waals surface area contributed by atoms with Crippen LogP contribution >= 0.6 is 11.6 Å². The number of hydrogen-bond acceptors (Lipinski definition) is 2. The minimum Gasteiger partial charge on any atom is -0.370 e. The molecule has 0 radical (unpaired) electrons. The summed E-state index contributed by atoms with van der Waals surface area (Å²) in [4.78, 5) is 9.23. The summed E-state index contributed by atoms with van der Waals surface area (Å²) < 4.78 is 0. The lowest BCUT2D eigenvalue weighted by Gasteiger charge is -2.36. The van der Waals surface area contributed by atoms with Gasteiger partial charge in [0.2, 0.25) is 0 Å². The number of piperazine rings is 1. The van der Waals surface area contributed by atoms with E-state index >= 15 is 0 Å². The Balaban J connectivity index is 1.29. The minimum absolute atomic E-state index is 0.719. The molecule has 1 atom stereocenters. The van der Waals surface area contributed by atoms with Crippen molar-refractivity contribution in [3.8, 4) is 0 Å². The van der Waals surface area contributed by atoms with E-state index in [-0.39, 0.29) is 0 Å². The van der Waals surface area contributed by atoms with Gasteiger partial charge in [0.05, 0.1) is 0 Å². The number of halogens is 1. The number of nitrogens with two attached hydrogens (primary N) is 1. The van der Waals surface area contributed by atoms with Crippen molar-refractivity contribution in [3.63, 3.8) is 0 Å². The highest BCUT2D eigenvalue weighted by Gasteiger charge is 2.62. The Labute approximate surface area is 136 Å². The van der Waals surface area contributed by atoms with Gasteiger partial charge < -0.3 is 15.5 Å². The third-order valence-corrected chi connectivity index (χ3v) is 5.77. The van der Waals surface area contributed by atoms with E-state index in [1.165, 1.54) is 24.9 Å². The first-order valence-corrected chi connectivity index (χ1v) is 8.59. The minimum atomic E-state index is 0.719. The van der Waals surface area contributed by atoms with Gasteiger partial charge in [0, 0.05) is 43.4 Å². The molecule has 3 fully saturated rings. The predicted octanol–water partition coefficient (Wildman–Crippen LogP) is 2.58. The third-order valence-electron chi connectivity index (χ3n) is 5.52. The summed E-state index contributed by atoms with van der Waals surface area (Å²) in [6, 6.07) is 8.06. The summed E-state index contributed by atoms with van der Waals surface area (Å²) in [5.74, 6) is 1.56. The zero-order chi connectivity index (χ0) is 15.2. The Hall–Kier alpha value is -1.42. The second-order valence-electron chi connectivity index (χ2n) is 6.91. The highest BCUT2D eigenvalue weighted by Crippen LogP contribution is 2.70. The summed E-state index contributed by atoms with van der Waals surface area (Å²) in [7, 11) is 0. The number of benzene rings is 1. The maximum absolute atomic E-state index is 6.18. The molecule has 22 heavy (non-hydrogen) atoms. The van der Waals surface area contributed by atoms with E-state index in [1.54, 1.807) is 0 Å². The molecule has 4 rings (SSSR count). The van der Waals surface area contributed by atoms with E-state index in [0.717, 1.165) is 55.0 Å². The summed E-state index contributed by atoms with van der Waals surface area (Å²) in [6.45, 7) is 4.77. The molecule has 4 nitrogen and oxygen atoms in total. The largest absolute Gasteiger partial charge is 0.370 e. The van der Waals surface area contributed by atoms with Crippen LogP contribution in [0.15, 0.2) is 29.3 Å².